The summed E-state index contributed by atoms with van der Waals surface area (Å²) >= 11 is 4.24. The van der Waals surface area contributed by atoms with E-state index in [1.165, 1.54) is 12.4 Å². The number of ether oxygens (including phenoxy) is 2. The summed E-state index contributed by atoms with van der Waals surface area (Å²) in [6.45, 7) is 7.33. The zero-order valence-electron chi connectivity index (χ0n) is 19.1. The molecule has 0 saturated heterocycles. The van der Waals surface area contributed by atoms with Crippen LogP contribution in [0.25, 0.3) is 0 Å². The number of hydrogen-bond acceptors (Lipinski definition) is 10. The first-order valence-electron chi connectivity index (χ1n) is 7.76. The number of nitro groups is 1. The predicted octanol–water partition coefficient (Wildman–Crippen LogP) is 0.889. The molecule has 4 N–H and O–H groups in total. The SMILES string of the molecule is COc1[nH]c(C)c([N+](=O)[O-])c1C.COc1[nH]c(C)cc1C.I.II.O=NO[O-].O=S(=O)(O)O.[K+]. The number of nitrogens with one attached hydrogen (secondary N) is 2. The van der Waals surface area contributed by atoms with E-state index in [9.17, 15) is 10.1 Å². The first kappa shape index (κ1) is 44.6. The van der Waals surface area contributed by atoms with Crippen molar-refractivity contribution >= 4 is 77.3 Å². The monoisotopic (exact) mass is 876 g/mol. The number of aryl methyl sites for hydroxylation is 3. The Morgan fingerprint density at radius 2 is 1.44 bits per heavy atom. The summed E-state index contributed by atoms with van der Waals surface area (Å²) in [5.74, 6) is 1.33. The van der Waals surface area contributed by atoms with Gasteiger partial charge >= 0.3 is 61.8 Å². The molecule has 0 saturated carbocycles. The molecule has 34 heavy (non-hydrogen) atoms. The number of aromatic nitrogens is 2. The van der Waals surface area contributed by atoms with Crippen molar-refractivity contribution < 1.29 is 93.6 Å². The molecule has 0 spiro atoms. The normalized spacial score (nSPS) is 8.56. The van der Waals surface area contributed by atoms with Crippen LogP contribution in [0.4, 0.5) is 5.69 Å². The van der Waals surface area contributed by atoms with E-state index in [0.717, 1.165) is 17.1 Å². The maximum atomic E-state index is 10.5. The zero-order valence-corrected chi connectivity index (χ0v) is 29.7. The molecule has 0 aromatic carbocycles. The predicted molar refractivity (Wildman–Crippen MR) is 145 cm³/mol. The van der Waals surface area contributed by atoms with Gasteiger partial charge < -0.3 is 29.7 Å². The third-order valence-corrected chi connectivity index (χ3v) is 3.08. The molecule has 20 heteroatoms. The van der Waals surface area contributed by atoms with Crippen molar-refractivity contribution in [1.29, 1.82) is 0 Å². The van der Waals surface area contributed by atoms with Gasteiger partial charge in [0.2, 0.25) is 5.88 Å². The molecule has 0 amide bonds. The summed E-state index contributed by atoms with van der Waals surface area (Å²) in [4.78, 5) is 26.7. The second kappa shape index (κ2) is 25.3. The van der Waals surface area contributed by atoms with Crippen molar-refractivity contribution in [3.8, 4) is 11.8 Å². The van der Waals surface area contributed by atoms with Crippen LogP contribution in [-0.2, 0) is 15.4 Å². The van der Waals surface area contributed by atoms with Gasteiger partial charge in [0, 0.05) is 48.5 Å². The summed E-state index contributed by atoms with van der Waals surface area (Å²) in [6.07, 6.45) is 0. The number of halogens is 3. The minimum Gasteiger partial charge on any atom is -0.635 e. The third kappa shape index (κ3) is 23.0. The van der Waals surface area contributed by atoms with Crippen molar-refractivity contribution in [2.45, 2.75) is 27.7 Å². The van der Waals surface area contributed by atoms with Crippen LogP contribution < -0.4 is 66.1 Å². The molecule has 0 aliphatic heterocycles. The standard InChI is InChI=1S/C7H10N2O3.C7H11NO.I2.HI.K.HNO3.H2O4S/c1-4-6(9(10)11)5(2)8-7(4)12-3;1-5-4-6(2)8-7(5)9-3;1-2;;;2-1-4-3;1-5(2,3)4/h8H,1-3H3;4,8H,1-3H3;;1H;;3H;(H2,1,2,3,4)/q;;;;+1;;/p-1. The second-order valence-corrected chi connectivity index (χ2v) is 6.18. The zero-order chi connectivity index (χ0) is 26.1. The molecule has 194 valence electrons. The van der Waals surface area contributed by atoms with E-state index >= 15 is 0 Å². The Hall–Kier alpha value is 0.616. The Bertz CT molecular complexity index is 918. The van der Waals surface area contributed by atoms with Crippen molar-refractivity contribution in [3.63, 3.8) is 0 Å². The molecule has 2 aromatic rings. The summed E-state index contributed by atoms with van der Waals surface area (Å²) < 4.78 is 41.5. The number of rotatable bonds is 4. The fourth-order valence-corrected chi connectivity index (χ4v) is 2.11. The second-order valence-electron chi connectivity index (χ2n) is 5.28. The molecule has 15 nitrogen and oxygen atoms in total. The Morgan fingerprint density at radius 3 is 1.59 bits per heavy atom. The molecule has 0 unspecified atom stereocenters. The average Bonchev–Trinajstić information content (AvgIpc) is 3.19. The molecular formula is C14H24I3KN4O11S. The van der Waals surface area contributed by atoms with Gasteiger partial charge in [0.25, 0.3) is 5.69 Å². The van der Waals surface area contributed by atoms with Crippen LogP contribution in [0, 0.1) is 42.7 Å². The first-order chi connectivity index (χ1) is 14.7. The van der Waals surface area contributed by atoms with E-state index in [2.05, 4.69) is 58.3 Å². The summed E-state index contributed by atoms with van der Waals surface area (Å²) in [5, 5.41) is 20.3. The van der Waals surface area contributed by atoms with Crippen LogP contribution in [0.15, 0.2) is 11.4 Å². The maximum Gasteiger partial charge on any atom is 1.00 e. The van der Waals surface area contributed by atoms with E-state index in [-0.39, 0.29) is 81.0 Å². The Morgan fingerprint density at radius 1 is 1.06 bits per heavy atom. The summed E-state index contributed by atoms with van der Waals surface area (Å²) in [5.41, 5.74) is 3.47. The molecule has 0 aliphatic carbocycles. The number of H-pyrrole nitrogens is 2. The molecule has 2 heterocycles. The Balaban J connectivity index is -0.000000114. The molecule has 2 rings (SSSR count). The van der Waals surface area contributed by atoms with Crippen molar-refractivity contribution in [2.75, 3.05) is 14.2 Å². The number of nitrogens with zero attached hydrogens (tertiary/aromatic N) is 2. The molecule has 0 atom stereocenters. The molecular weight excluding hydrogens is 852 g/mol. The fourth-order valence-electron chi connectivity index (χ4n) is 2.11. The Kier molecular flexibility index (Phi) is 33.2. The van der Waals surface area contributed by atoms with Gasteiger partial charge in [-0.25, -0.2) is 0 Å². The van der Waals surface area contributed by atoms with Crippen LogP contribution >= 0.6 is 61.2 Å². The number of aromatic amines is 2. The van der Waals surface area contributed by atoms with Crippen LogP contribution in [0.2, 0.25) is 0 Å². The smallest absolute Gasteiger partial charge is 0.635 e. The van der Waals surface area contributed by atoms with E-state index < -0.39 is 15.3 Å². The number of hydrogen-bond donors (Lipinski definition) is 4. The summed E-state index contributed by atoms with van der Waals surface area (Å²) in [7, 11) is -1.53. The Labute approximate surface area is 279 Å². The van der Waals surface area contributed by atoms with E-state index in [1.54, 1.807) is 21.0 Å². The molecule has 2 aromatic heterocycles. The van der Waals surface area contributed by atoms with Crippen LogP contribution in [0.3, 0.4) is 0 Å². The largest absolute Gasteiger partial charge is 1.00 e. The number of methoxy groups -OCH3 is 2. The third-order valence-electron chi connectivity index (χ3n) is 3.08. The van der Waals surface area contributed by atoms with Gasteiger partial charge in [0.05, 0.1) is 30.4 Å². The van der Waals surface area contributed by atoms with Crippen molar-refractivity contribution in [2.24, 2.45) is 5.34 Å². The molecule has 0 aliphatic rings. The van der Waals surface area contributed by atoms with E-state index in [1.807, 2.05) is 13.8 Å². The molecule has 0 fully saturated rings. The molecule has 0 bridgehead atoms. The van der Waals surface area contributed by atoms with Crippen molar-refractivity contribution in [1.82, 2.24) is 9.97 Å². The average molecular weight is 876 g/mol. The topological polar surface area (TPSA) is 229 Å². The van der Waals surface area contributed by atoms with Gasteiger partial charge in [-0.1, -0.05) is 0 Å². The van der Waals surface area contributed by atoms with Gasteiger partial charge in [0.1, 0.15) is 5.34 Å². The maximum absolute atomic E-state index is 10.5. The minimum atomic E-state index is -4.67. The van der Waals surface area contributed by atoms with E-state index in [0.29, 0.717) is 17.1 Å². The van der Waals surface area contributed by atoms with Gasteiger partial charge in [-0.15, -0.1) is 28.9 Å². The fraction of sp³-hybridized carbons (Fsp3) is 0.429. The van der Waals surface area contributed by atoms with Crippen LogP contribution in [-0.4, -0.2) is 46.6 Å². The van der Waals surface area contributed by atoms with Crippen LogP contribution in [0.1, 0.15) is 22.5 Å². The van der Waals surface area contributed by atoms with Gasteiger partial charge in [0.15, 0.2) is 5.88 Å². The van der Waals surface area contributed by atoms with Crippen molar-refractivity contribution in [3.05, 3.63) is 43.6 Å². The van der Waals surface area contributed by atoms with Gasteiger partial charge in [-0.3, -0.25) is 19.2 Å². The first-order valence-corrected chi connectivity index (χ1v) is 15.4. The molecule has 0 radical (unpaired) electrons. The van der Waals surface area contributed by atoms with Gasteiger partial charge in [-0.2, -0.15) is 8.42 Å². The quantitative estimate of drug-likeness (QED) is 0.0642. The van der Waals surface area contributed by atoms with E-state index in [4.69, 9.17) is 37.2 Å². The summed E-state index contributed by atoms with van der Waals surface area (Å²) in [6, 6.07) is 2.05. The van der Waals surface area contributed by atoms with Gasteiger partial charge in [-0.05, 0) is 33.8 Å². The van der Waals surface area contributed by atoms with Crippen LogP contribution in [0.5, 0.6) is 11.8 Å². The minimum absolute atomic E-state index is 0.